The lowest BCUT2D eigenvalue weighted by atomic mass is 9.89. The van der Waals surface area contributed by atoms with Crippen LogP contribution >= 0.6 is 12.2 Å². The smallest absolute Gasteiger partial charge is 0.325 e. The molecule has 2 heterocycles. The minimum atomic E-state index is -0.543. The fourth-order valence-corrected chi connectivity index (χ4v) is 5.91. The van der Waals surface area contributed by atoms with E-state index >= 15 is 0 Å². The monoisotopic (exact) mass is 486 g/mol. The Labute approximate surface area is 208 Å². The molecule has 1 saturated carbocycles. The Morgan fingerprint density at radius 3 is 2.56 bits per heavy atom. The van der Waals surface area contributed by atoms with Crippen LogP contribution in [-0.4, -0.2) is 71.3 Å². The third-order valence-corrected chi connectivity index (χ3v) is 7.95. The minimum absolute atomic E-state index is 0.0185. The number of nitrogens with zero attached hydrogens (tertiary/aromatic N) is 2. The van der Waals surface area contributed by atoms with Crippen molar-refractivity contribution >= 4 is 29.2 Å². The number of ether oxygens (including phenoxy) is 1. The Kier molecular flexibility index (Phi) is 8.42. The van der Waals surface area contributed by atoms with Crippen LogP contribution in [0.15, 0.2) is 30.3 Å². The summed E-state index contributed by atoms with van der Waals surface area (Å²) in [4.78, 5) is 29.7. The maximum atomic E-state index is 13.4. The van der Waals surface area contributed by atoms with Crippen molar-refractivity contribution in [1.29, 1.82) is 0 Å². The van der Waals surface area contributed by atoms with E-state index in [-0.39, 0.29) is 24.5 Å². The van der Waals surface area contributed by atoms with Crippen LogP contribution in [-0.2, 0) is 20.7 Å². The second kappa shape index (κ2) is 11.5. The summed E-state index contributed by atoms with van der Waals surface area (Å²) in [5, 5.41) is 7.93. The van der Waals surface area contributed by atoms with E-state index in [4.69, 9.17) is 17.0 Å². The first kappa shape index (κ1) is 24.9. The average molecular weight is 487 g/mol. The lowest BCUT2D eigenvalue weighted by molar-refractivity contribution is -0.151. The molecule has 2 saturated heterocycles. The normalized spacial score (nSPS) is 22.7. The number of thiocarbonyl (C=S) groups is 1. The van der Waals surface area contributed by atoms with Crippen LogP contribution < -0.4 is 10.6 Å². The van der Waals surface area contributed by atoms with Gasteiger partial charge >= 0.3 is 5.97 Å². The molecule has 3 aliphatic rings. The summed E-state index contributed by atoms with van der Waals surface area (Å²) in [5.41, 5.74) is 0.561. The summed E-state index contributed by atoms with van der Waals surface area (Å²) in [6.07, 6.45) is 8.62. The predicted molar refractivity (Wildman–Crippen MR) is 136 cm³/mol. The highest BCUT2D eigenvalue weighted by Crippen LogP contribution is 2.33. The highest BCUT2D eigenvalue weighted by Gasteiger charge is 2.52. The number of hydrogen-bond donors (Lipinski definition) is 2. The van der Waals surface area contributed by atoms with Crippen molar-refractivity contribution < 1.29 is 14.3 Å². The first-order chi connectivity index (χ1) is 16.5. The van der Waals surface area contributed by atoms with E-state index in [1.807, 2.05) is 30.3 Å². The van der Waals surface area contributed by atoms with Gasteiger partial charge in [-0.3, -0.25) is 14.9 Å². The summed E-state index contributed by atoms with van der Waals surface area (Å²) < 4.78 is 5.19. The van der Waals surface area contributed by atoms with Gasteiger partial charge in [-0.25, -0.2) is 0 Å². The third kappa shape index (κ3) is 5.89. The van der Waals surface area contributed by atoms with Crippen LogP contribution in [0.5, 0.6) is 0 Å². The van der Waals surface area contributed by atoms with E-state index < -0.39 is 5.66 Å². The lowest BCUT2D eigenvalue weighted by Gasteiger charge is -2.45. The molecule has 7 nitrogen and oxygen atoms in total. The van der Waals surface area contributed by atoms with Crippen LogP contribution in [0.1, 0.15) is 57.4 Å². The molecule has 1 unspecified atom stereocenters. The first-order valence-electron chi connectivity index (χ1n) is 12.8. The maximum Gasteiger partial charge on any atom is 0.325 e. The van der Waals surface area contributed by atoms with Gasteiger partial charge in [-0.15, -0.1) is 0 Å². The number of piperidine rings is 1. The quantitative estimate of drug-likeness (QED) is 0.454. The standard InChI is InChI=1S/C26H38N4O3S/c1-2-33-23(31)19-30-24(32)22(17-20-9-5-3-6-10-20)28-26(30)13-15-29(16-14-26)25(34)27-18-21-11-7-4-8-12-21/h3,5-6,9-10,21-22,28H,2,4,7-8,11-19H2,1H3,(H,27,34). The Morgan fingerprint density at radius 1 is 1.18 bits per heavy atom. The number of likely N-dealkylation sites (tertiary alicyclic amines) is 1. The number of esters is 1. The topological polar surface area (TPSA) is 73.9 Å². The maximum absolute atomic E-state index is 13.4. The fraction of sp³-hybridized carbons (Fsp3) is 0.654. The van der Waals surface area contributed by atoms with Gasteiger partial charge in [-0.05, 0) is 49.9 Å². The number of amides is 1. The van der Waals surface area contributed by atoms with Gasteiger partial charge < -0.3 is 19.9 Å². The van der Waals surface area contributed by atoms with E-state index in [9.17, 15) is 9.59 Å². The van der Waals surface area contributed by atoms with Gasteiger partial charge in [0.1, 0.15) is 6.54 Å². The lowest BCUT2D eigenvalue weighted by Crippen LogP contribution is -2.61. The molecule has 0 radical (unpaired) electrons. The van der Waals surface area contributed by atoms with Gasteiger partial charge in [0.2, 0.25) is 5.91 Å². The fourth-order valence-electron chi connectivity index (χ4n) is 5.64. The van der Waals surface area contributed by atoms with Gasteiger partial charge in [0, 0.05) is 32.5 Å². The number of rotatable bonds is 7. The molecule has 8 heteroatoms. The van der Waals surface area contributed by atoms with Crippen molar-refractivity contribution in [3.8, 4) is 0 Å². The highest BCUT2D eigenvalue weighted by molar-refractivity contribution is 7.80. The molecule has 1 amide bonds. The minimum Gasteiger partial charge on any atom is -0.465 e. The Hall–Kier alpha value is -2.19. The molecular formula is C26H38N4O3S. The molecule has 1 aromatic carbocycles. The SMILES string of the molecule is CCOC(=O)CN1C(=O)C(Cc2ccccc2)NC12CCN(C(=S)NCC1CCCCC1)CC2. The van der Waals surface area contributed by atoms with E-state index in [0.29, 0.717) is 25.9 Å². The molecule has 4 rings (SSSR count). The van der Waals surface area contributed by atoms with Gasteiger partial charge in [-0.1, -0.05) is 49.6 Å². The van der Waals surface area contributed by atoms with Crippen molar-refractivity contribution in [2.24, 2.45) is 5.92 Å². The van der Waals surface area contributed by atoms with E-state index in [1.54, 1.807) is 11.8 Å². The van der Waals surface area contributed by atoms with E-state index in [0.717, 1.165) is 36.2 Å². The summed E-state index contributed by atoms with van der Waals surface area (Å²) in [6, 6.07) is 9.67. The van der Waals surface area contributed by atoms with Crippen LogP contribution in [0.2, 0.25) is 0 Å². The summed E-state index contributed by atoms with van der Waals surface area (Å²) >= 11 is 5.71. The zero-order chi connectivity index (χ0) is 24.0. The average Bonchev–Trinajstić information content (AvgIpc) is 3.09. The van der Waals surface area contributed by atoms with Gasteiger partial charge in [0.25, 0.3) is 0 Å². The third-order valence-electron chi connectivity index (χ3n) is 7.54. The Morgan fingerprint density at radius 2 is 1.88 bits per heavy atom. The summed E-state index contributed by atoms with van der Waals surface area (Å²) in [7, 11) is 0. The molecule has 1 aromatic rings. The van der Waals surface area contributed by atoms with Crippen molar-refractivity contribution in [1.82, 2.24) is 20.4 Å². The predicted octanol–water partition coefficient (Wildman–Crippen LogP) is 2.84. The van der Waals surface area contributed by atoms with Crippen molar-refractivity contribution in [3.05, 3.63) is 35.9 Å². The Bertz CT molecular complexity index is 851. The number of nitrogens with one attached hydrogen (secondary N) is 2. The van der Waals surface area contributed by atoms with Crippen molar-refractivity contribution in [3.63, 3.8) is 0 Å². The van der Waals surface area contributed by atoms with Gasteiger partial charge in [0.15, 0.2) is 5.11 Å². The molecule has 34 heavy (non-hydrogen) atoms. The first-order valence-corrected chi connectivity index (χ1v) is 13.2. The molecule has 1 aliphatic carbocycles. The second-order valence-electron chi connectivity index (χ2n) is 9.82. The van der Waals surface area contributed by atoms with Crippen molar-refractivity contribution in [2.45, 2.75) is 70.0 Å². The number of carbonyl (C=O) groups is 2. The molecule has 1 atom stereocenters. The number of carbonyl (C=O) groups excluding carboxylic acids is 2. The number of hydrogen-bond acceptors (Lipinski definition) is 5. The summed E-state index contributed by atoms with van der Waals surface area (Å²) in [6.45, 7) is 4.52. The van der Waals surface area contributed by atoms with Crippen LogP contribution in [0.4, 0.5) is 0 Å². The molecule has 2 N–H and O–H groups in total. The van der Waals surface area contributed by atoms with Crippen LogP contribution in [0, 0.1) is 5.92 Å². The molecule has 2 aliphatic heterocycles. The molecule has 1 spiro atoms. The summed E-state index contributed by atoms with van der Waals surface area (Å²) in [5.74, 6) is 0.337. The van der Waals surface area contributed by atoms with Crippen molar-refractivity contribution in [2.75, 3.05) is 32.8 Å². The zero-order valence-electron chi connectivity index (χ0n) is 20.3. The van der Waals surface area contributed by atoms with Gasteiger partial charge in [0.05, 0.1) is 18.3 Å². The number of benzene rings is 1. The zero-order valence-corrected chi connectivity index (χ0v) is 21.1. The molecule has 186 valence electrons. The Balaban J connectivity index is 1.39. The second-order valence-corrected chi connectivity index (χ2v) is 10.2. The molecule has 0 bridgehead atoms. The molecule has 0 aromatic heterocycles. The van der Waals surface area contributed by atoms with E-state index in [2.05, 4.69) is 15.5 Å². The molecule has 3 fully saturated rings. The van der Waals surface area contributed by atoms with Gasteiger partial charge in [-0.2, -0.15) is 0 Å². The molecular weight excluding hydrogens is 448 g/mol. The highest BCUT2D eigenvalue weighted by atomic mass is 32.1. The van der Waals surface area contributed by atoms with E-state index in [1.165, 1.54) is 32.1 Å². The largest absolute Gasteiger partial charge is 0.465 e. The van der Waals surface area contributed by atoms with Crippen LogP contribution in [0.3, 0.4) is 0 Å². The van der Waals surface area contributed by atoms with Crippen LogP contribution in [0.25, 0.3) is 0 Å².